The Morgan fingerprint density at radius 1 is 1.30 bits per heavy atom. The lowest BCUT2D eigenvalue weighted by atomic mass is 9.77. The molecule has 1 aromatic carbocycles. The first-order valence-corrected chi connectivity index (χ1v) is 9.06. The molecule has 1 fully saturated rings. The van der Waals surface area contributed by atoms with Gasteiger partial charge in [0.25, 0.3) is 0 Å². The van der Waals surface area contributed by atoms with Crippen molar-refractivity contribution in [3.05, 3.63) is 41.5 Å². The van der Waals surface area contributed by atoms with Crippen LogP contribution in [0.15, 0.2) is 33.7 Å². The van der Waals surface area contributed by atoms with E-state index in [1.807, 2.05) is 6.92 Å². The Morgan fingerprint density at radius 2 is 2.00 bits per heavy atom. The van der Waals surface area contributed by atoms with Gasteiger partial charge in [-0.3, -0.25) is 0 Å². The molecule has 3 rings (SSSR count). The van der Waals surface area contributed by atoms with Crippen LogP contribution in [-0.4, -0.2) is 25.1 Å². The highest BCUT2D eigenvalue weighted by Gasteiger charge is 2.38. The molecule has 0 spiro atoms. The molecule has 1 aromatic heterocycles. The molecule has 0 radical (unpaired) electrons. The van der Waals surface area contributed by atoms with Gasteiger partial charge in [0, 0.05) is 13.0 Å². The van der Waals surface area contributed by atoms with Gasteiger partial charge in [-0.1, -0.05) is 22.9 Å². The Morgan fingerprint density at radius 3 is 2.61 bits per heavy atom. The quantitative estimate of drug-likeness (QED) is 0.821. The second-order valence-electron chi connectivity index (χ2n) is 5.98. The Balaban J connectivity index is 1.58. The molecule has 1 heterocycles. The normalized spacial score (nSPS) is 17.0. The van der Waals surface area contributed by atoms with E-state index < -0.39 is 15.6 Å². The summed E-state index contributed by atoms with van der Waals surface area (Å²) in [5, 5.41) is 3.90. The second kappa shape index (κ2) is 6.03. The highest BCUT2D eigenvalue weighted by Crippen LogP contribution is 2.36. The van der Waals surface area contributed by atoms with E-state index in [1.54, 1.807) is 24.3 Å². The van der Waals surface area contributed by atoms with Crippen molar-refractivity contribution in [2.75, 3.05) is 6.54 Å². The van der Waals surface area contributed by atoms with Crippen LogP contribution >= 0.6 is 0 Å². The molecule has 1 saturated carbocycles. The van der Waals surface area contributed by atoms with Crippen molar-refractivity contribution in [1.29, 1.82) is 0 Å². The fourth-order valence-electron chi connectivity index (χ4n) is 2.43. The van der Waals surface area contributed by atoms with Crippen molar-refractivity contribution < 1.29 is 12.9 Å². The number of nitrogens with one attached hydrogen (secondary N) is 1. The van der Waals surface area contributed by atoms with Crippen molar-refractivity contribution >= 4 is 10.0 Å². The molecule has 124 valence electrons. The number of aryl methyl sites for hydroxylation is 1. The molecule has 0 saturated heterocycles. The van der Waals surface area contributed by atoms with Crippen LogP contribution in [0.1, 0.15) is 36.5 Å². The Hall–Kier alpha value is -1.77. The van der Waals surface area contributed by atoms with E-state index >= 15 is 0 Å². The summed E-state index contributed by atoms with van der Waals surface area (Å²) in [4.78, 5) is 4.51. The van der Waals surface area contributed by atoms with Gasteiger partial charge in [-0.25, -0.2) is 13.1 Å². The Labute approximate surface area is 135 Å². The SMILES string of the molecule is Cc1ccc(S(=O)(=O)NCCc2nc(C3(N)CCC3)no2)cc1. The summed E-state index contributed by atoms with van der Waals surface area (Å²) in [6.45, 7) is 2.10. The van der Waals surface area contributed by atoms with Gasteiger partial charge in [0.15, 0.2) is 5.82 Å². The van der Waals surface area contributed by atoms with Crippen LogP contribution in [-0.2, 0) is 22.0 Å². The van der Waals surface area contributed by atoms with E-state index in [-0.39, 0.29) is 11.4 Å². The monoisotopic (exact) mass is 336 g/mol. The van der Waals surface area contributed by atoms with Gasteiger partial charge in [-0.05, 0) is 38.3 Å². The van der Waals surface area contributed by atoms with E-state index in [9.17, 15) is 8.42 Å². The molecule has 3 N–H and O–H groups in total. The molecule has 7 nitrogen and oxygen atoms in total. The van der Waals surface area contributed by atoms with Crippen LogP contribution < -0.4 is 10.5 Å². The highest BCUT2D eigenvalue weighted by molar-refractivity contribution is 7.89. The Kier molecular flexibility index (Phi) is 4.22. The molecule has 0 amide bonds. The third-order valence-corrected chi connectivity index (χ3v) is 5.60. The molecular formula is C15H20N4O3S. The van der Waals surface area contributed by atoms with Crippen LogP contribution in [0, 0.1) is 6.92 Å². The number of sulfonamides is 1. The summed E-state index contributed by atoms with van der Waals surface area (Å²) in [5.41, 5.74) is 6.67. The van der Waals surface area contributed by atoms with Gasteiger partial charge in [0.2, 0.25) is 15.9 Å². The minimum absolute atomic E-state index is 0.190. The van der Waals surface area contributed by atoms with E-state index in [0.29, 0.717) is 18.1 Å². The number of rotatable bonds is 6. The van der Waals surface area contributed by atoms with E-state index in [1.165, 1.54) is 0 Å². The van der Waals surface area contributed by atoms with E-state index in [4.69, 9.17) is 10.3 Å². The number of nitrogens with zero attached hydrogens (tertiary/aromatic N) is 2. The van der Waals surface area contributed by atoms with Crippen LogP contribution in [0.2, 0.25) is 0 Å². The number of benzene rings is 1. The lowest BCUT2D eigenvalue weighted by Crippen LogP contribution is -2.44. The van der Waals surface area contributed by atoms with Gasteiger partial charge in [-0.2, -0.15) is 4.98 Å². The van der Waals surface area contributed by atoms with Crippen LogP contribution in [0.25, 0.3) is 0 Å². The zero-order valence-corrected chi connectivity index (χ0v) is 13.8. The molecule has 1 aliphatic rings. The molecule has 8 heteroatoms. The van der Waals surface area contributed by atoms with Crippen molar-refractivity contribution in [2.24, 2.45) is 5.73 Å². The smallest absolute Gasteiger partial charge is 0.240 e. The molecule has 0 aliphatic heterocycles. The topological polar surface area (TPSA) is 111 Å². The summed E-state index contributed by atoms with van der Waals surface area (Å²) in [6.07, 6.45) is 3.10. The molecule has 23 heavy (non-hydrogen) atoms. The summed E-state index contributed by atoms with van der Waals surface area (Å²) in [5.74, 6) is 0.906. The van der Waals surface area contributed by atoms with Crippen molar-refractivity contribution in [1.82, 2.24) is 14.9 Å². The molecule has 0 unspecified atom stereocenters. The average Bonchev–Trinajstić information content (AvgIpc) is 2.94. The fraction of sp³-hybridized carbons (Fsp3) is 0.467. The van der Waals surface area contributed by atoms with Crippen molar-refractivity contribution in [3.63, 3.8) is 0 Å². The Bertz CT molecular complexity index is 779. The minimum Gasteiger partial charge on any atom is -0.339 e. The summed E-state index contributed by atoms with van der Waals surface area (Å²) in [6, 6.07) is 6.69. The van der Waals surface area contributed by atoms with Gasteiger partial charge in [-0.15, -0.1) is 0 Å². The zero-order valence-electron chi connectivity index (χ0n) is 12.9. The van der Waals surface area contributed by atoms with E-state index in [0.717, 1.165) is 24.8 Å². The average molecular weight is 336 g/mol. The maximum Gasteiger partial charge on any atom is 0.240 e. The van der Waals surface area contributed by atoms with Crippen LogP contribution in [0.3, 0.4) is 0 Å². The maximum absolute atomic E-state index is 12.2. The van der Waals surface area contributed by atoms with Crippen molar-refractivity contribution in [3.8, 4) is 0 Å². The summed E-state index contributed by atoms with van der Waals surface area (Å²) >= 11 is 0. The number of hydrogen-bond acceptors (Lipinski definition) is 6. The highest BCUT2D eigenvalue weighted by atomic mass is 32.2. The minimum atomic E-state index is -3.53. The lowest BCUT2D eigenvalue weighted by molar-refractivity contribution is 0.229. The first kappa shape index (κ1) is 16.1. The van der Waals surface area contributed by atoms with Crippen molar-refractivity contribution in [2.45, 2.75) is 43.0 Å². The molecule has 0 atom stereocenters. The standard InChI is InChI=1S/C15H20N4O3S/c1-11-3-5-12(6-4-11)23(20,21)17-10-7-13-18-14(19-22-13)15(16)8-2-9-15/h3-6,17H,2,7-10,16H2,1H3. The largest absolute Gasteiger partial charge is 0.339 e. The number of aromatic nitrogens is 2. The molecule has 0 bridgehead atoms. The van der Waals surface area contributed by atoms with Gasteiger partial charge < -0.3 is 10.3 Å². The predicted octanol–water partition coefficient (Wildman–Crippen LogP) is 1.24. The van der Waals surface area contributed by atoms with Gasteiger partial charge >= 0.3 is 0 Å². The summed E-state index contributed by atoms with van der Waals surface area (Å²) in [7, 11) is -3.53. The molecule has 1 aliphatic carbocycles. The number of hydrogen-bond donors (Lipinski definition) is 2. The maximum atomic E-state index is 12.2. The van der Waals surface area contributed by atoms with Gasteiger partial charge in [0.05, 0.1) is 10.4 Å². The third-order valence-electron chi connectivity index (χ3n) is 4.12. The number of nitrogens with two attached hydrogens (primary N) is 1. The molecule has 2 aromatic rings. The predicted molar refractivity (Wildman–Crippen MR) is 84.1 cm³/mol. The summed E-state index contributed by atoms with van der Waals surface area (Å²) < 4.78 is 32.0. The lowest BCUT2D eigenvalue weighted by Gasteiger charge is -2.34. The van der Waals surface area contributed by atoms with E-state index in [2.05, 4.69) is 14.9 Å². The third kappa shape index (κ3) is 3.44. The zero-order chi connectivity index (χ0) is 16.5. The second-order valence-corrected chi connectivity index (χ2v) is 7.75. The van der Waals surface area contributed by atoms with Crippen LogP contribution in [0.4, 0.5) is 0 Å². The van der Waals surface area contributed by atoms with Crippen LogP contribution in [0.5, 0.6) is 0 Å². The first-order chi connectivity index (χ1) is 10.9. The molecular weight excluding hydrogens is 316 g/mol. The first-order valence-electron chi connectivity index (χ1n) is 7.57. The van der Waals surface area contributed by atoms with Gasteiger partial charge in [0.1, 0.15) is 0 Å². The fourth-order valence-corrected chi connectivity index (χ4v) is 3.46.